The van der Waals surface area contributed by atoms with E-state index in [1.54, 1.807) is 4.72 Å². The molecule has 10 nitrogen and oxygen atoms in total. The second-order valence-electron chi connectivity index (χ2n) is 6.46. The summed E-state index contributed by atoms with van der Waals surface area (Å²) < 4.78 is 52.9. The number of rotatable bonds is 6. The third-order valence-electron chi connectivity index (χ3n) is 4.11. The Bertz CT molecular complexity index is 1290. The standard InChI is InChI=1S/C19H19N5O5S2/c1-24(2)31(28,29)17-11-7-6-10-16(17)30(26,27)23-19(25)22-18-20-12-15(13-21-18)14-8-4-3-5-9-14/h3-13H,1-2H3,(H2,20,21,22,23,25). The summed E-state index contributed by atoms with van der Waals surface area (Å²) in [5.41, 5.74) is 1.58. The monoisotopic (exact) mass is 461 g/mol. The van der Waals surface area contributed by atoms with Crippen molar-refractivity contribution in [2.45, 2.75) is 9.79 Å². The molecule has 31 heavy (non-hydrogen) atoms. The predicted molar refractivity (Wildman–Crippen MR) is 114 cm³/mol. The summed E-state index contributed by atoms with van der Waals surface area (Å²) in [6.07, 6.45) is 2.96. The first-order chi connectivity index (χ1) is 14.6. The predicted octanol–water partition coefficient (Wildman–Crippen LogP) is 1.90. The lowest BCUT2D eigenvalue weighted by molar-refractivity contribution is 0.256. The van der Waals surface area contributed by atoms with Crippen molar-refractivity contribution >= 4 is 32.0 Å². The van der Waals surface area contributed by atoms with Crippen LogP contribution < -0.4 is 10.0 Å². The molecular weight excluding hydrogens is 442 g/mol. The number of anilines is 1. The summed E-state index contributed by atoms with van der Waals surface area (Å²) >= 11 is 0. The van der Waals surface area contributed by atoms with Crippen LogP contribution in [0.3, 0.4) is 0 Å². The summed E-state index contributed by atoms with van der Waals surface area (Å²) in [4.78, 5) is 19.2. The molecule has 0 unspecified atom stereocenters. The van der Waals surface area contributed by atoms with Crippen LogP contribution in [0, 0.1) is 0 Å². The van der Waals surface area contributed by atoms with Crippen molar-refractivity contribution in [2.75, 3.05) is 19.4 Å². The van der Waals surface area contributed by atoms with Gasteiger partial charge in [-0.25, -0.2) is 40.6 Å². The summed E-state index contributed by atoms with van der Waals surface area (Å²) in [6, 6.07) is 13.2. The third-order valence-corrected chi connectivity index (χ3v) is 7.50. The molecule has 3 rings (SSSR count). The molecule has 2 N–H and O–H groups in total. The molecule has 0 bridgehead atoms. The van der Waals surface area contributed by atoms with Crippen molar-refractivity contribution in [1.29, 1.82) is 0 Å². The SMILES string of the molecule is CN(C)S(=O)(=O)c1ccccc1S(=O)(=O)NC(=O)Nc1ncc(-c2ccccc2)cn1. The van der Waals surface area contributed by atoms with Crippen LogP contribution in [0.1, 0.15) is 0 Å². The molecule has 0 spiro atoms. The first-order valence-electron chi connectivity index (χ1n) is 8.84. The fourth-order valence-corrected chi connectivity index (χ4v) is 5.17. The highest BCUT2D eigenvalue weighted by Crippen LogP contribution is 2.23. The molecule has 0 aliphatic rings. The van der Waals surface area contributed by atoms with Crippen molar-refractivity contribution in [2.24, 2.45) is 0 Å². The molecule has 12 heteroatoms. The van der Waals surface area contributed by atoms with E-state index in [4.69, 9.17) is 0 Å². The zero-order chi connectivity index (χ0) is 22.6. The van der Waals surface area contributed by atoms with Crippen molar-refractivity contribution in [3.8, 4) is 11.1 Å². The molecule has 0 saturated carbocycles. The van der Waals surface area contributed by atoms with Crippen LogP contribution in [0.15, 0.2) is 76.8 Å². The summed E-state index contributed by atoms with van der Waals surface area (Å²) in [6.45, 7) is 0. The maximum atomic E-state index is 12.7. The molecule has 2 amide bonds. The molecule has 2 aromatic carbocycles. The molecule has 1 aromatic heterocycles. The van der Waals surface area contributed by atoms with E-state index in [0.717, 1.165) is 22.0 Å². The average molecular weight is 462 g/mol. The molecule has 0 fully saturated rings. The largest absolute Gasteiger partial charge is 0.335 e. The first kappa shape index (κ1) is 22.3. The van der Waals surface area contributed by atoms with E-state index in [1.165, 1.54) is 38.6 Å². The van der Waals surface area contributed by atoms with E-state index in [-0.39, 0.29) is 5.95 Å². The highest BCUT2D eigenvalue weighted by atomic mass is 32.2. The van der Waals surface area contributed by atoms with Gasteiger partial charge in [-0.3, -0.25) is 5.32 Å². The number of carbonyl (C=O) groups excluding carboxylic acids is 1. The van der Waals surface area contributed by atoms with E-state index >= 15 is 0 Å². The summed E-state index contributed by atoms with van der Waals surface area (Å²) in [5, 5.41) is 2.22. The lowest BCUT2D eigenvalue weighted by Gasteiger charge is -2.15. The molecule has 0 aliphatic carbocycles. The Labute approximate surface area is 180 Å². The third kappa shape index (κ3) is 5.05. The number of nitrogens with one attached hydrogen (secondary N) is 2. The topological polar surface area (TPSA) is 138 Å². The van der Waals surface area contributed by atoms with Crippen molar-refractivity contribution < 1.29 is 21.6 Å². The van der Waals surface area contributed by atoms with Crippen LogP contribution in [0.5, 0.6) is 0 Å². The molecule has 1 heterocycles. The maximum absolute atomic E-state index is 12.7. The Balaban J connectivity index is 1.78. The lowest BCUT2D eigenvalue weighted by atomic mass is 10.1. The van der Waals surface area contributed by atoms with Gasteiger partial charge in [0.25, 0.3) is 10.0 Å². The fourth-order valence-electron chi connectivity index (χ4n) is 2.56. The normalized spacial score (nSPS) is 11.8. The second-order valence-corrected chi connectivity index (χ2v) is 10.2. The molecule has 0 atom stereocenters. The van der Waals surface area contributed by atoms with Gasteiger partial charge < -0.3 is 0 Å². The van der Waals surface area contributed by atoms with Gasteiger partial charge in [0, 0.05) is 32.1 Å². The van der Waals surface area contributed by atoms with Crippen LogP contribution in [0.25, 0.3) is 11.1 Å². The smallest absolute Gasteiger partial charge is 0.275 e. The molecule has 3 aromatic rings. The number of benzene rings is 2. The van der Waals surface area contributed by atoms with E-state index in [9.17, 15) is 21.6 Å². The Hall–Kier alpha value is -3.35. The maximum Gasteiger partial charge on any atom is 0.335 e. The Kier molecular flexibility index (Phi) is 6.34. The van der Waals surface area contributed by atoms with E-state index in [1.807, 2.05) is 30.3 Å². The van der Waals surface area contributed by atoms with Crippen LogP contribution >= 0.6 is 0 Å². The van der Waals surface area contributed by atoms with Gasteiger partial charge in [0.2, 0.25) is 16.0 Å². The number of hydrogen-bond donors (Lipinski definition) is 2. The van der Waals surface area contributed by atoms with Gasteiger partial charge in [0.05, 0.1) is 0 Å². The van der Waals surface area contributed by atoms with Crippen LogP contribution in [0.2, 0.25) is 0 Å². The number of urea groups is 1. The number of nitrogens with zero attached hydrogens (tertiary/aromatic N) is 3. The minimum absolute atomic E-state index is 0.124. The van der Waals surface area contributed by atoms with Gasteiger partial charge in [0.15, 0.2) is 0 Å². The van der Waals surface area contributed by atoms with Crippen molar-refractivity contribution in [3.05, 3.63) is 67.0 Å². The minimum Gasteiger partial charge on any atom is -0.275 e. The Morgan fingerprint density at radius 3 is 1.94 bits per heavy atom. The molecule has 0 radical (unpaired) electrons. The van der Waals surface area contributed by atoms with Gasteiger partial charge in [-0.2, -0.15) is 0 Å². The van der Waals surface area contributed by atoms with Crippen LogP contribution in [-0.2, 0) is 20.0 Å². The highest BCUT2D eigenvalue weighted by molar-refractivity contribution is 7.92. The number of amides is 2. The van der Waals surface area contributed by atoms with Gasteiger partial charge in [-0.05, 0) is 17.7 Å². The van der Waals surface area contributed by atoms with Crippen molar-refractivity contribution in [1.82, 2.24) is 19.0 Å². The minimum atomic E-state index is -4.50. The summed E-state index contributed by atoms with van der Waals surface area (Å²) in [5.74, 6) is -0.124. The average Bonchev–Trinajstić information content (AvgIpc) is 2.74. The van der Waals surface area contributed by atoms with Crippen LogP contribution in [0.4, 0.5) is 10.7 Å². The van der Waals surface area contributed by atoms with Gasteiger partial charge in [-0.15, -0.1) is 0 Å². The van der Waals surface area contributed by atoms with Gasteiger partial charge in [0.1, 0.15) is 9.79 Å². The lowest BCUT2D eigenvalue weighted by Crippen LogP contribution is -2.36. The second kappa shape index (κ2) is 8.79. The Morgan fingerprint density at radius 2 is 1.35 bits per heavy atom. The molecule has 0 aliphatic heterocycles. The zero-order valence-electron chi connectivity index (χ0n) is 16.6. The first-order valence-corrected chi connectivity index (χ1v) is 11.8. The van der Waals surface area contributed by atoms with Gasteiger partial charge >= 0.3 is 6.03 Å². The Morgan fingerprint density at radius 1 is 0.806 bits per heavy atom. The zero-order valence-corrected chi connectivity index (χ0v) is 18.2. The molecular formula is C19H19N5O5S2. The molecule has 0 saturated heterocycles. The van der Waals surface area contributed by atoms with E-state index in [2.05, 4.69) is 15.3 Å². The van der Waals surface area contributed by atoms with Crippen LogP contribution in [-0.4, -0.2) is 51.2 Å². The number of carbonyl (C=O) groups is 1. The number of aromatic nitrogens is 2. The number of sulfonamides is 2. The fraction of sp³-hybridized carbons (Fsp3) is 0.105. The van der Waals surface area contributed by atoms with E-state index in [0.29, 0.717) is 5.56 Å². The quantitative estimate of drug-likeness (QED) is 0.572. The molecule has 162 valence electrons. The van der Waals surface area contributed by atoms with Gasteiger partial charge in [-0.1, -0.05) is 42.5 Å². The van der Waals surface area contributed by atoms with E-state index < -0.39 is 35.9 Å². The van der Waals surface area contributed by atoms with Crippen molar-refractivity contribution in [3.63, 3.8) is 0 Å². The highest BCUT2D eigenvalue weighted by Gasteiger charge is 2.29. The number of hydrogen-bond acceptors (Lipinski definition) is 7. The summed E-state index contributed by atoms with van der Waals surface area (Å²) in [7, 11) is -6.01.